The molecule has 0 bridgehead atoms. The van der Waals surface area contributed by atoms with E-state index in [1.54, 1.807) is 63.4 Å². The molecule has 1 aliphatic heterocycles. The number of amides is 1. The fourth-order valence-corrected chi connectivity index (χ4v) is 4.67. The van der Waals surface area contributed by atoms with Crippen LogP contribution in [0.25, 0.3) is 0 Å². The van der Waals surface area contributed by atoms with Crippen LogP contribution in [0.15, 0.2) is 65.6 Å². The lowest BCUT2D eigenvalue weighted by Gasteiger charge is -2.16. The first-order valence-corrected chi connectivity index (χ1v) is 11.2. The average molecular weight is 439 g/mol. The number of aryl methyl sites for hydroxylation is 1. The third-order valence-electron chi connectivity index (χ3n) is 4.90. The van der Waals surface area contributed by atoms with E-state index < -0.39 is 10.0 Å². The van der Waals surface area contributed by atoms with Crippen LogP contribution in [0.4, 0.5) is 11.4 Å². The fourth-order valence-electron chi connectivity index (χ4n) is 3.39. The molecule has 0 spiro atoms. The van der Waals surface area contributed by atoms with Gasteiger partial charge in [0.2, 0.25) is 0 Å². The molecule has 0 saturated carbocycles. The van der Waals surface area contributed by atoms with Crippen molar-refractivity contribution in [1.29, 1.82) is 0 Å². The second kappa shape index (κ2) is 7.96. The number of rotatable bonds is 5. The standard InChI is InChI=1S/C23H22N2O5S/c1-4-29-21-11-9-15(2)13-22(21)31(27,28)24-16-10-12-19-17(14-16)23(26)25(3)18-7-5-6-8-20(18)30-19/h5-14,24H,4H2,1-3H3. The van der Waals surface area contributed by atoms with Crippen LogP contribution < -0.4 is 19.1 Å². The minimum Gasteiger partial charge on any atom is -0.492 e. The van der Waals surface area contributed by atoms with Crippen molar-refractivity contribution in [3.63, 3.8) is 0 Å². The predicted molar refractivity (Wildman–Crippen MR) is 119 cm³/mol. The normalized spacial score (nSPS) is 13.0. The van der Waals surface area contributed by atoms with E-state index in [9.17, 15) is 13.2 Å². The number of ether oxygens (including phenoxy) is 2. The second-order valence-electron chi connectivity index (χ2n) is 7.13. The van der Waals surface area contributed by atoms with Gasteiger partial charge in [0, 0.05) is 12.7 Å². The highest BCUT2D eigenvalue weighted by molar-refractivity contribution is 7.92. The zero-order valence-corrected chi connectivity index (χ0v) is 18.2. The molecular weight excluding hydrogens is 416 g/mol. The number of benzene rings is 3. The summed E-state index contributed by atoms with van der Waals surface area (Å²) in [5, 5.41) is 0. The molecule has 0 aromatic heterocycles. The number of fused-ring (bicyclic) bond motifs is 2. The van der Waals surface area contributed by atoms with Crippen molar-refractivity contribution in [3.05, 3.63) is 71.8 Å². The van der Waals surface area contributed by atoms with Crippen LogP contribution in [0, 0.1) is 6.92 Å². The topological polar surface area (TPSA) is 84.9 Å². The van der Waals surface area contributed by atoms with Gasteiger partial charge in [-0.25, -0.2) is 8.42 Å². The largest absolute Gasteiger partial charge is 0.492 e. The van der Waals surface area contributed by atoms with Crippen molar-refractivity contribution in [3.8, 4) is 17.2 Å². The van der Waals surface area contributed by atoms with Crippen LogP contribution in [0.1, 0.15) is 22.8 Å². The number of anilines is 2. The number of hydrogen-bond donors (Lipinski definition) is 1. The Hall–Kier alpha value is -3.52. The van der Waals surface area contributed by atoms with Gasteiger partial charge in [0.1, 0.15) is 16.4 Å². The lowest BCUT2D eigenvalue weighted by atomic mass is 10.1. The van der Waals surface area contributed by atoms with Gasteiger partial charge < -0.3 is 14.4 Å². The Bertz CT molecular complexity index is 1270. The molecule has 1 N–H and O–H groups in total. The molecule has 1 aliphatic rings. The van der Waals surface area contributed by atoms with Gasteiger partial charge in [-0.15, -0.1) is 0 Å². The Balaban J connectivity index is 1.71. The zero-order valence-electron chi connectivity index (χ0n) is 17.4. The van der Waals surface area contributed by atoms with Crippen molar-refractivity contribution in [2.24, 2.45) is 0 Å². The summed E-state index contributed by atoms with van der Waals surface area (Å²) in [5.41, 5.74) is 1.92. The van der Waals surface area contributed by atoms with E-state index >= 15 is 0 Å². The maximum atomic E-state index is 13.1. The Kier molecular flexibility index (Phi) is 5.32. The number of carbonyl (C=O) groups is 1. The molecule has 0 aliphatic carbocycles. The molecule has 0 radical (unpaired) electrons. The highest BCUT2D eigenvalue weighted by Gasteiger charge is 2.27. The summed E-state index contributed by atoms with van der Waals surface area (Å²) >= 11 is 0. The van der Waals surface area contributed by atoms with E-state index in [0.29, 0.717) is 23.8 Å². The van der Waals surface area contributed by atoms with Crippen LogP contribution in [-0.2, 0) is 10.0 Å². The molecule has 4 rings (SSSR count). The molecule has 0 atom stereocenters. The van der Waals surface area contributed by atoms with Crippen LogP contribution in [-0.4, -0.2) is 28.0 Å². The number of para-hydroxylation sites is 2. The summed E-state index contributed by atoms with van der Waals surface area (Å²) in [5.74, 6) is 0.873. The van der Waals surface area contributed by atoms with Gasteiger partial charge in [0.05, 0.1) is 17.9 Å². The first kappa shape index (κ1) is 20.7. The van der Waals surface area contributed by atoms with Crippen LogP contribution in [0.5, 0.6) is 17.2 Å². The monoisotopic (exact) mass is 438 g/mol. The third kappa shape index (κ3) is 3.94. The van der Waals surface area contributed by atoms with E-state index in [4.69, 9.17) is 9.47 Å². The van der Waals surface area contributed by atoms with E-state index in [1.807, 2.05) is 12.1 Å². The van der Waals surface area contributed by atoms with Gasteiger partial charge in [0.15, 0.2) is 5.75 Å². The first-order valence-electron chi connectivity index (χ1n) is 9.75. The van der Waals surface area contributed by atoms with Gasteiger partial charge in [-0.2, -0.15) is 0 Å². The molecule has 160 valence electrons. The summed E-state index contributed by atoms with van der Waals surface area (Å²) in [7, 11) is -2.30. The molecule has 8 heteroatoms. The number of sulfonamides is 1. The van der Waals surface area contributed by atoms with E-state index in [2.05, 4.69) is 4.72 Å². The third-order valence-corrected chi connectivity index (χ3v) is 6.30. The second-order valence-corrected chi connectivity index (χ2v) is 8.78. The maximum Gasteiger partial charge on any atom is 0.265 e. The summed E-state index contributed by atoms with van der Waals surface area (Å²) in [4.78, 5) is 14.5. The number of nitrogens with zero attached hydrogens (tertiary/aromatic N) is 1. The van der Waals surface area contributed by atoms with Crippen LogP contribution in [0.3, 0.4) is 0 Å². The highest BCUT2D eigenvalue weighted by atomic mass is 32.2. The average Bonchev–Trinajstić information content (AvgIpc) is 2.84. The van der Waals surface area contributed by atoms with E-state index in [-0.39, 0.29) is 27.8 Å². The first-order chi connectivity index (χ1) is 14.8. The summed E-state index contributed by atoms with van der Waals surface area (Å²) < 4.78 is 40.1. The molecule has 1 amide bonds. The molecular formula is C23H22N2O5S. The lowest BCUT2D eigenvalue weighted by Crippen LogP contribution is -2.25. The van der Waals surface area contributed by atoms with Gasteiger partial charge in [0.25, 0.3) is 15.9 Å². The Morgan fingerprint density at radius 3 is 2.58 bits per heavy atom. The molecule has 0 fully saturated rings. The van der Waals surface area contributed by atoms with Crippen molar-refractivity contribution >= 4 is 27.3 Å². The van der Waals surface area contributed by atoms with E-state index in [1.165, 1.54) is 11.0 Å². The minimum absolute atomic E-state index is 0.0383. The van der Waals surface area contributed by atoms with Gasteiger partial charge >= 0.3 is 0 Å². The summed E-state index contributed by atoms with van der Waals surface area (Å²) in [6.45, 7) is 3.93. The van der Waals surface area contributed by atoms with Crippen LogP contribution in [0.2, 0.25) is 0 Å². The maximum absolute atomic E-state index is 13.1. The van der Waals surface area contributed by atoms with E-state index in [0.717, 1.165) is 5.56 Å². The summed E-state index contributed by atoms with van der Waals surface area (Å²) in [6, 6.07) is 16.8. The van der Waals surface area contributed by atoms with Crippen LogP contribution >= 0.6 is 0 Å². The fraction of sp³-hybridized carbons (Fsp3) is 0.174. The molecule has 1 heterocycles. The molecule has 7 nitrogen and oxygen atoms in total. The number of carbonyl (C=O) groups excluding carboxylic acids is 1. The predicted octanol–water partition coefficient (Wildman–Crippen LogP) is 4.58. The Labute approximate surface area is 181 Å². The van der Waals surface area contributed by atoms with Crippen molar-refractivity contribution in [2.75, 3.05) is 23.3 Å². The lowest BCUT2D eigenvalue weighted by molar-refractivity contribution is 0.0993. The minimum atomic E-state index is -3.95. The van der Waals surface area contributed by atoms with Gasteiger partial charge in [-0.3, -0.25) is 9.52 Å². The molecule has 0 saturated heterocycles. The highest BCUT2D eigenvalue weighted by Crippen LogP contribution is 2.39. The molecule has 31 heavy (non-hydrogen) atoms. The Morgan fingerprint density at radius 1 is 1.03 bits per heavy atom. The molecule has 0 unspecified atom stereocenters. The smallest absolute Gasteiger partial charge is 0.265 e. The van der Waals surface area contributed by atoms with Gasteiger partial charge in [-0.05, 0) is 61.9 Å². The quantitative estimate of drug-likeness (QED) is 0.630. The zero-order chi connectivity index (χ0) is 22.2. The molecule has 3 aromatic rings. The number of nitrogens with one attached hydrogen (secondary N) is 1. The van der Waals surface area contributed by atoms with Gasteiger partial charge in [-0.1, -0.05) is 18.2 Å². The van der Waals surface area contributed by atoms with Crippen molar-refractivity contribution in [2.45, 2.75) is 18.7 Å². The Morgan fingerprint density at radius 2 is 1.81 bits per heavy atom. The van der Waals surface area contributed by atoms with Crippen molar-refractivity contribution < 1.29 is 22.7 Å². The van der Waals surface area contributed by atoms with Crippen molar-refractivity contribution in [1.82, 2.24) is 0 Å². The molecule has 3 aromatic carbocycles. The number of hydrogen-bond acceptors (Lipinski definition) is 5. The SMILES string of the molecule is CCOc1ccc(C)cc1S(=O)(=O)Nc1ccc2c(c1)C(=O)N(C)c1ccccc1O2. The summed E-state index contributed by atoms with van der Waals surface area (Å²) in [6.07, 6.45) is 0.